The van der Waals surface area contributed by atoms with Crippen molar-refractivity contribution in [3.05, 3.63) is 36.5 Å². The van der Waals surface area contributed by atoms with Gasteiger partial charge in [0.15, 0.2) is 0 Å². The zero-order chi connectivity index (χ0) is 14.1. The van der Waals surface area contributed by atoms with Gasteiger partial charge in [-0.2, -0.15) is 0 Å². The molecule has 1 N–H and O–H groups in total. The van der Waals surface area contributed by atoms with Crippen LogP contribution in [-0.2, 0) is 9.59 Å². The van der Waals surface area contributed by atoms with Crippen molar-refractivity contribution in [2.75, 3.05) is 18.9 Å². The highest BCUT2D eigenvalue weighted by Gasteiger charge is 2.32. The number of nitrogens with one attached hydrogen (secondary N) is 1. The number of benzene rings is 1. The van der Waals surface area contributed by atoms with E-state index < -0.39 is 0 Å². The largest absolute Gasteiger partial charge is 0.345 e. The number of hydrogen-bond acceptors (Lipinski definition) is 3. The van der Waals surface area contributed by atoms with Crippen LogP contribution in [0, 0.1) is 5.92 Å². The van der Waals surface area contributed by atoms with E-state index in [0.717, 1.165) is 10.9 Å². The first kappa shape index (κ1) is 12.6. The molecule has 0 aliphatic carbocycles. The number of aromatic nitrogens is 1. The van der Waals surface area contributed by atoms with Crippen LogP contribution in [0.5, 0.6) is 0 Å². The first-order chi connectivity index (χ1) is 9.63. The Morgan fingerprint density at radius 3 is 2.95 bits per heavy atom. The monoisotopic (exact) mass is 269 g/mol. The average Bonchev–Trinajstić information content (AvgIpc) is 2.79. The van der Waals surface area contributed by atoms with E-state index in [4.69, 9.17) is 0 Å². The Hall–Kier alpha value is -2.43. The topological polar surface area (TPSA) is 62.3 Å². The van der Waals surface area contributed by atoms with Crippen molar-refractivity contribution in [1.82, 2.24) is 9.88 Å². The zero-order valence-electron chi connectivity index (χ0n) is 11.2. The van der Waals surface area contributed by atoms with Gasteiger partial charge in [0.2, 0.25) is 11.8 Å². The fourth-order valence-electron chi connectivity index (χ4n) is 2.42. The lowest BCUT2D eigenvalue weighted by atomic mass is 10.1. The first-order valence-electron chi connectivity index (χ1n) is 6.53. The van der Waals surface area contributed by atoms with Gasteiger partial charge in [0.05, 0.1) is 23.3 Å². The second-order valence-corrected chi connectivity index (χ2v) is 5.08. The van der Waals surface area contributed by atoms with Gasteiger partial charge in [0.25, 0.3) is 0 Å². The van der Waals surface area contributed by atoms with Gasteiger partial charge in [0, 0.05) is 25.4 Å². The van der Waals surface area contributed by atoms with Crippen molar-refractivity contribution in [3.8, 4) is 0 Å². The molecule has 2 aromatic rings. The molecule has 5 nitrogen and oxygen atoms in total. The van der Waals surface area contributed by atoms with Crippen LogP contribution >= 0.6 is 0 Å². The number of amides is 2. The Morgan fingerprint density at radius 2 is 2.20 bits per heavy atom. The molecule has 1 aliphatic heterocycles. The normalized spacial score (nSPS) is 18.6. The minimum Gasteiger partial charge on any atom is -0.345 e. The third kappa shape index (κ3) is 2.34. The molecule has 5 heteroatoms. The van der Waals surface area contributed by atoms with E-state index in [0.29, 0.717) is 12.2 Å². The number of anilines is 1. The van der Waals surface area contributed by atoms with E-state index in [2.05, 4.69) is 10.3 Å². The summed E-state index contributed by atoms with van der Waals surface area (Å²) in [6.45, 7) is 0.478. The van der Waals surface area contributed by atoms with Gasteiger partial charge in [0.1, 0.15) is 0 Å². The van der Waals surface area contributed by atoms with Crippen LogP contribution in [0.15, 0.2) is 36.5 Å². The number of rotatable bonds is 2. The molecule has 1 unspecified atom stereocenters. The summed E-state index contributed by atoms with van der Waals surface area (Å²) in [5.41, 5.74) is 1.55. The zero-order valence-corrected chi connectivity index (χ0v) is 11.2. The number of para-hydroxylation sites is 1. The number of nitrogens with zero attached hydrogens (tertiary/aromatic N) is 2. The molecule has 1 fully saturated rings. The summed E-state index contributed by atoms with van der Waals surface area (Å²) in [4.78, 5) is 29.5. The van der Waals surface area contributed by atoms with Gasteiger partial charge in [-0.05, 0) is 12.1 Å². The van der Waals surface area contributed by atoms with E-state index >= 15 is 0 Å². The van der Waals surface area contributed by atoms with Crippen molar-refractivity contribution in [1.29, 1.82) is 0 Å². The van der Waals surface area contributed by atoms with Crippen molar-refractivity contribution in [2.24, 2.45) is 5.92 Å². The second-order valence-electron chi connectivity index (χ2n) is 5.08. The molecule has 1 aromatic heterocycles. The first-order valence-corrected chi connectivity index (χ1v) is 6.53. The molecule has 2 heterocycles. The van der Waals surface area contributed by atoms with Crippen LogP contribution in [0.2, 0.25) is 0 Å². The number of pyridine rings is 1. The predicted molar refractivity (Wildman–Crippen MR) is 76.1 cm³/mol. The lowest BCUT2D eigenvalue weighted by molar-refractivity contribution is -0.127. The lowest BCUT2D eigenvalue weighted by Gasteiger charge is -2.11. The second kappa shape index (κ2) is 4.92. The lowest BCUT2D eigenvalue weighted by Crippen LogP contribution is -2.25. The van der Waals surface area contributed by atoms with Gasteiger partial charge < -0.3 is 10.2 Å². The van der Waals surface area contributed by atoms with Crippen molar-refractivity contribution < 1.29 is 9.59 Å². The van der Waals surface area contributed by atoms with Crippen LogP contribution in [0.1, 0.15) is 6.42 Å². The molecular formula is C15H15N3O2. The smallest absolute Gasteiger partial charge is 0.229 e. The molecule has 102 valence electrons. The summed E-state index contributed by atoms with van der Waals surface area (Å²) in [6.07, 6.45) is 1.92. The Balaban J connectivity index is 1.76. The fourth-order valence-corrected chi connectivity index (χ4v) is 2.42. The Kier molecular flexibility index (Phi) is 3.10. The summed E-state index contributed by atoms with van der Waals surface area (Å²) in [6, 6.07) is 9.62. The van der Waals surface area contributed by atoms with E-state index in [1.165, 1.54) is 0 Å². The summed E-state index contributed by atoms with van der Waals surface area (Å²) < 4.78 is 0. The molecule has 20 heavy (non-hydrogen) atoms. The average molecular weight is 269 g/mol. The Labute approximate surface area is 116 Å². The molecule has 1 saturated heterocycles. The molecule has 0 bridgehead atoms. The standard InChI is InChI=1S/C15H15N3O2/c1-18-9-11(7-14(18)19)15(20)17-12-6-10-4-2-3-5-13(10)16-8-12/h2-6,8,11H,7,9H2,1H3,(H,17,20). The number of likely N-dealkylation sites (tertiary alicyclic amines) is 1. The highest BCUT2D eigenvalue weighted by Crippen LogP contribution is 2.20. The summed E-state index contributed by atoms with van der Waals surface area (Å²) >= 11 is 0. The molecule has 1 atom stereocenters. The molecule has 3 rings (SSSR count). The Bertz CT molecular complexity index is 684. The van der Waals surface area contributed by atoms with Crippen LogP contribution in [0.4, 0.5) is 5.69 Å². The molecule has 0 radical (unpaired) electrons. The van der Waals surface area contributed by atoms with E-state index in [-0.39, 0.29) is 24.2 Å². The SMILES string of the molecule is CN1CC(C(=O)Nc2cnc3ccccc3c2)CC1=O. The van der Waals surface area contributed by atoms with Gasteiger partial charge >= 0.3 is 0 Å². The minimum absolute atomic E-state index is 0.0155. The van der Waals surface area contributed by atoms with Crippen molar-refractivity contribution in [3.63, 3.8) is 0 Å². The maximum atomic E-state index is 12.1. The molecule has 0 spiro atoms. The van der Waals surface area contributed by atoms with Crippen LogP contribution < -0.4 is 5.32 Å². The fraction of sp³-hybridized carbons (Fsp3) is 0.267. The van der Waals surface area contributed by atoms with Gasteiger partial charge in [-0.25, -0.2) is 0 Å². The predicted octanol–water partition coefficient (Wildman–Crippen LogP) is 1.65. The molecule has 1 aromatic carbocycles. The van der Waals surface area contributed by atoms with Gasteiger partial charge in [-0.3, -0.25) is 14.6 Å². The number of fused-ring (bicyclic) bond motifs is 1. The van der Waals surface area contributed by atoms with Crippen molar-refractivity contribution >= 4 is 28.4 Å². The summed E-state index contributed by atoms with van der Waals surface area (Å²) in [7, 11) is 1.72. The van der Waals surface area contributed by atoms with Gasteiger partial charge in [-0.1, -0.05) is 18.2 Å². The van der Waals surface area contributed by atoms with Crippen LogP contribution in [0.25, 0.3) is 10.9 Å². The molecule has 1 aliphatic rings. The number of carbonyl (C=O) groups excluding carboxylic acids is 2. The molecule has 2 amide bonds. The van der Waals surface area contributed by atoms with Crippen LogP contribution in [-0.4, -0.2) is 35.3 Å². The number of carbonyl (C=O) groups is 2. The minimum atomic E-state index is -0.279. The highest BCUT2D eigenvalue weighted by molar-refractivity contribution is 5.98. The maximum Gasteiger partial charge on any atom is 0.229 e. The Morgan fingerprint density at radius 1 is 1.40 bits per heavy atom. The van der Waals surface area contributed by atoms with Crippen molar-refractivity contribution in [2.45, 2.75) is 6.42 Å². The van der Waals surface area contributed by atoms with E-state index in [1.807, 2.05) is 30.3 Å². The molecular weight excluding hydrogens is 254 g/mol. The molecule has 0 saturated carbocycles. The van der Waals surface area contributed by atoms with Crippen LogP contribution in [0.3, 0.4) is 0 Å². The third-order valence-corrected chi connectivity index (χ3v) is 3.57. The van der Waals surface area contributed by atoms with Gasteiger partial charge in [-0.15, -0.1) is 0 Å². The summed E-state index contributed by atoms with van der Waals surface area (Å²) in [5, 5.41) is 3.81. The van der Waals surface area contributed by atoms with E-state index in [1.54, 1.807) is 18.1 Å². The third-order valence-electron chi connectivity index (χ3n) is 3.57. The van der Waals surface area contributed by atoms with E-state index in [9.17, 15) is 9.59 Å². The quantitative estimate of drug-likeness (QED) is 0.901. The highest BCUT2D eigenvalue weighted by atomic mass is 16.2. The maximum absolute atomic E-state index is 12.1. The summed E-state index contributed by atoms with van der Waals surface area (Å²) in [5.74, 6) is -0.388. The number of hydrogen-bond donors (Lipinski definition) is 1.